The van der Waals surface area contributed by atoms with Gasteiger partial charge in [-0.1, -0.05) is 48.5 Å². The summed E-state index contributed by atoms with van der Waals surface area (Å²) >= 11 is 0. The standard InChI is InChI=1S/C19H15F7N2O/c20-17(18(21,22)23,19(24,25)26)13-7-5-12(6-8-13)16(15(27)29)14-4-2-1-3-11(14)9-10-28-16/h1-8,28H,9-10H2,(H2,27,29). The van der Waals surface area contributed by atoms with Crippen LogP contribution in [0.3, 0.4) is 0 Å². The van der Waals surface area contributed by atoms with Gasteiger partial charge in [0.1, 0.15) is 5.54 Å². The van der Waals surface area contributed by atoms with Crippen LogP contribution >= 0.6 is 0 Å². The van der Waals surface area contributed by atoms with E-state index in [1.165, 1.54) is 0 Å². The van der Waals surface area contributed by atoms with Crippen molar-refractivity contribution < 1.29 is 35.5 Å². The van der Waals surface area contributed by atoms with Gasteiger partial charge in [0.15, 0.2) is 0 Å². The summed E-state index contributed by atoms with van der Waals surface area (Å²) in [6.45, 7) is 0.292. The molecule has 1 atom stereocenters. The van der Waals surface area contributed by atoms with Crippen LogP contribution in [0, 0.1) is 0 Å². The van der Waals surface area contributed by atoms with Crippen molar-refractivity contribution in [2.75, 3.05) is 6.54 Å². The fourth-order valence-corrected chi connectivity index (χ4v) is 3.64. The van der Waals surface area contributed by atoms with Gasteiger partial charge >= 0.3 is 18.0 Å². The van der Waals surface area contributed by atoms with Crippen molar-refractivity contribution in [2.24, 2.45) is 5.73 Å². The van der Waals surface area contributed by atoms with Gasteiger partial charge in [-0.2, -0.15) is 26.3 Å². The molecular formula is C19H15F7N2O. The average molecular weight is 420 g/mol. The van der Waals surface area contributed by atoms with Crippen LogP contribution in [0.5, 0.6) is 0 Å². The molecule has 0 saturated carbocycles. The van der Waals surface area contributed by atoms with Crippen LogP contribution in [0.15, 0.2) is 48.5 Å². The molecule has 0 saturated heterocycles. The van der Waals surface area contributed by atoms with E-state index >= 15 is 0 Å². The molecule has 0 aromatic heterocycles. The highest BCUT2D eigenvalue weighted by molar-refractivity contribution is 5.91. The fourth-order valence-electron chi connectivity index (χ4n) is 3.64. The summed E-state index contributed by atoms with van der Waals surface area (Å²) in [5.74, 6) is -0.893. The number of amides is 1. The van der Waals surface area contributed by atoms with E-state index < -0.39 is 35.0 Å². The van der Waals surface area contributed by atoms with E-state index in [0.29, 0.717) is 30.7 Å². The summed E-state index contributed by atoms with van der Waals surface area (Å²) in [6, 6.07) is 9.12. The van der Waals surface area contributed by atoms with E-state index in [9.17, 15) is 35.5 Å². The molecule has 0 fully saturated rings. The average Bonchev–Trinajstić information content (AvgIpc) is 2.65. The van der Waals surface area contributed by atoms with Gasteiger partial charge in [0.25, 0.3) is 0 Å². The maximum absolute atomic E-state index is 14.2. The summed E-state index contributed by atoms with van der Waals surface area (Å²) in [5.41, 5.74) is -2.08. The van der Waals surface area contributed by atoms with Gasteiger partial charge in [0, 0.05) is 12.1 Å². The topological polar surface area (TPSA) is 55.1 Å². The zero-order valence-corrected chi connectivity index (χ0v) is 14.7. The lowest BCUT2D eigenvalue weighted by Gasteiger charge is -2.38. The molecule has 1 aliphatic heterocycles. The highest BCUT2D eigenvalue weighted by Gasteiger charge is 2.73. The third-order valence-corrected chi connectivity index (χ3v) is 5.07. The maximum Gasteiger partial charge on any atom is 0.435 e. The van der Waals surface area contributed by atoms with E-state index in [-0.39, 0.29) is 5.56 Å². The first-order valence-corrected chi connectivity index (χ1v) is 8.42. The Morgan fingerprint density at radius 3 is 1.97 bits per heavy atom. The van der Waals surface area contributed by atoms with E-state index in [1.807, 2.05) is 0 Å². The van der Waals surface area contributed by atoms with Crippen molar-refractivity contribution in [1.82, 2.24) is 5.32 Å². The van der Waals surface area contributed by atoms with Crippen LogP contribution in [0.25, 0.3) is 0 Å². The number of fused-ring (bicyclic) bond motifs is 1. The van der Waals surface area contributed by atoms with Crippen molar-refractivity contribution in [2.45, 2.75) is 30.0 Å². The molecule has 0 radical (unpaired) electrons. The predicted octanol–water partition coefficient (Wildman–Crippen LogP) is 3.85. The van der Waals surface area contributed by atoms with Crippen LogP contribution in [0.2, 0.25) is 0 Å². The van der Waals surface area contributed by atoms with Gasteiger partial charge in [-0.15, -0.1) is 0 Å². The second-order valence-corrected chi connectivity index (χ2v) is 6.68. The number of carbonyl (C=O) groups is 1. The van der Waals surface area contributed by atoms with Gasteiger partial charge in [0.2, 0.25) is 5.91 Å². The van der Waals surface area contributed by atoms with Gasteiger partial charge in [-0.05, 0) is 23.1 Å². The number of halogens is 7. The second kappa shape index (κ2) is 6.72. The molecule has 0 spiro atoms. The van der Waals surface area contributed by atoms with E-state index in [1.54, 1.807) is 24.3 Å². The molecule has 3 N–H and O–H groups in total. The van der Waals surface area contributed by atoms with Crippen molar-refractivity contribution in [3.8, 4) is 0 Å². The lowest BCUT2D eigenvalue weighted by atomic mass is 9.76. The number of benzene rings is 2. The molecule has 0 aliphatic carbocycles. The molecule has 2 aromatic carbocycles. The van der Waals surface area contributed by atoms with Crippen molar-refractivity contribution in [3.63, 3.8) is 0 Å². The Kier molecular flexibility index (Phi) is 4.89. The van der Waals surface area contributed by atoms with E-state index in [4.69, 9.17) is 5.73 Å². The van der Waals surface area contributed by atoms with Gasteiger partial charge < -0.3 is 5.73 Å². The predicted molar refractivity (Wildman–Crippen MR) is 89.5 cm³/mol. The highest BCUT2D eigenvalue weighted by atomic mass is 19.4. The lowest BCUT2D eigenvalue weighted by Crippen LogP contribution is -2.56. The molecule has 3 nitrogen and oxygen atoms in total. The Labute approximate surface area is 160 Å². The number of alkyl halides is 7. The number of hydrogen-bond donors (Lipinski definition) is 2. The van der Waals surface area contributed by atoms with Crippen LogP contribution in [0.1, 0.15) is 22.3 Å². The second-order valence-electron chi connectivity index (χ2n) is 6.68. The molecular weight excluding hydrogens is 405 g/mol. The SMILES string of the molecule is NC(=O)C1(c2ccc(C(F)(C(F)(F)F)C(F)(F)F)cc2)NCCc2ccccc21. The van der Waals surface area contributed by atoms with Crippen LogP contribution in [-0.4, -0.2) is 24.8 Å². The molecule has 3 rings (SSSR count). The van der Waals surface area contributed by atoms with Gasteiger partial charge in [-0.3, -0.25) is 10.1 Å². The van der Waals surface area contributed by atoms with Crippen LogP contribution < -0.4 is 11.1 Å². The highest BCUT2D eigenvalue weighted by Crippen LogP contribution is 2.53. The van der Waals surface area contributed by atoms with Crippen molar-refractivity contribution >= 4 is 5.91 Å². The summed E-state index contributed by atoms with van der Waals surface area (Å²) in [5, 5.41) is 2.91. The summed E-state index contributed by atoms with van der Waals surface area (Å²) in [4.78, 5) is 12.4. The van der Waals surface area contributed by atoms with Crippen molar-refractivity contribution in [3.05, 3.63) is 70.8 Å². The van der Waals surface area contributed by atoms with Gasteiger partial charge in [0.05, 0.1) is 0 Å². The first kappa shape index (κ1) is 21.1. The summed E-state index contributed by atoms with van der Waals surface area (Å²) in [7, 11) is 0. The zero-order valence-electron chi connectivity index (χ0n) is 14.7. The minimum absolute atomic E-state index is 0.00704. The number of hydrogen-bond acceptors (Lipinski definition) is 2. The Hall–Kier alpha value is -2.62. The third-order valence-electron chi connectivity index (χ3n) is 5.07. The molecule has 1 unspecified atom stereocenters. The molecule has 2 aromatic rings. The minimum atomic E-state index is -6.22. The van der Waals surface area contributed by atoms with E-state index in [2.05, 4.69) is 5.32 Å². The number of nitrogens with two attached hydrogens (primary N) is 1. The first-order chi connectivity index (χ1) is 13.4. The molecule has 10 heteroatoms. The Morgan fingerprint density at radius 2 is 1.45 bits per heavy atom. The molecule has 0 bridgehead atoms. The Balaban J connectivity index is 2.16. The van der Waals surface area contributed by atoms with Crippen LogP contribution in [0.4, 0.5) is 30.7 Å². The Morgan fingerprint density at radius 1 is 0.897 bits per heavy atom. The molecule has 156 valence electrons. The maximum atomic E-state index is 14.2. The monoisotopic (exact) mass is 420 g/mol. The van der Waals surface area contributed by atoms with Crippen LogP contribution in [-0.2, 0) is 22.4 Å². The summed E-state index contributed by atoms with van der Waals surface area (Å²) in [6.07, 6.45) is -11.9. The fraction of sp³-hybridized carbons (Fsp3) is 0.316. The number of nitrogens with one attached hydrogen (secondary N) is 1. The third kappa shape index (κ3) is 3.06. The summed E-state index contributed by atoms with van der Waals surface area (Å²) < 4.78 is 92.0. The van der Waals surface area contributed by atoms with Gasteiger partial charge in [-0.25, -0.2) is 4.39 Å². The quantitative estimate of drug-likeness (QED) is 0.742. The minimum Gasteiger partial charge on any atom is -0.367 e. The smallest absolute Gasteiger partial charge is 0.367 e. The lowest BCUT2D eigenvalue weighted by molar-refractivity contribution is -0.348. The number of primary amides is 1. The Bertz CT molecular complexity index is 907. The first-order valence-electron chi connectivity index (χ1n) is 8.42. The number of carbonyl (C=O) groups excluding carboxylic acids is 1. The zero-order chi connectivity index (χ0) is 21.7. The largest absolute Gasteiger partial charge is 0.435 e. The molecule has 1 amide bonds. The molecule has 29 heavy (non-hydrogen) atoms. The molecule has 1 heterocycles. The normalized spacial score (nSPS) is 20.2. The molecule has 1 aliphatic rings. The van der Waals surface area contributed by atoms with E-state index in [0.717, 1.165) is 17.7 Å². The number of rotatable bonds is 3. The van der Waals surface area contributed by atoms with Crippen molar-refractivity contribution in [1.29, 1.82) is 0 Å².